The third-order valence-electron chi connectivity index (χ3n) is 2.88. The summed E-state index contributed by atoms with van der Waals surface area (Å²) in [5.74, 6) is 0.737. The van der Waals surface area contributed by atoms with Gasteiger partial charge in [0.1, 0.15) is 23.8 Å². The van der Waals surface area contributed by atoms with Gasteiger partial charge >= 0.3 is 0 Å². The molecule has 0 spiro atoms. The van der Waals surface area contributed by atoms with Gasteiger partial charge in [0.05, 0.1) is 0 Å². The first-order chi connectivity index (χ1) is 9.25. The Labute approximate surface area is 115 Å². The Bertz CT molecular complexity index is 556. The highest BCUT2D eigenvalue weighted by molar-refractivity contribution is 6.31. The monoisotopic (exact) mass is 277 g/mol. The standard InChI is InChI=1S/C13H12ClN3O2/c14-10-8-11(15)17(12-6-7-18-19-12)13(16-10)9-4-2-1-3-5-9/h1-6,8,13,15-16H,7H2. The Morgan fingerprint density at radius 3 is 2.79 bits per heavy atom. The van der Waals surface area contributed by atoms with Crippen LogP contribution in [0.25, 0.3) is 0 Å². The van der Waals surface area contributed by atoms with E-state index in [2.05, 4.69) is 5.32 Å². The number of hydrogen-bond acceptors (Lipinski definition) is 4. The topological polar surface area (TPSA) is 57.6 Å². The van der Waals surface area contributed by atoms with Gasteiger partial charge in [0, 0.05) is 12.2 Å². The van der Waals surface area contributed by atoms with E-state index in [1.807, 2.05) is 30.3 Å². The largest absolute Gasteiger partial charge is 0.352 e. The number of nitrogens with one attached hydrogen (secondary N) is 2. The molecule has 2 aliphatic heterocycles. The Kier molecular flexibility index (Phi) is 3.15. The molecule has 0 bridgehead atoms. The lowest BCUT2D eigenvalue weighted by Crippen LogP contribution is -2.43. The van der Waals surface area contributed by atoms with Crippen LogP contribution < -0.4 is 5.32 Å². The van der Waals surface area contributed by atoms with Crippen molar-refractivity contribution >= 4 is 17.4 Å². The van der Waals surface area contributed by atoms with E-state index in [4.69, 9.17) is 26.8 Å². The summed E-state index contributed by atoms with van der Waals surface area (Å²) in [4.78, 5) is 11.6. The van der Waals surface area contributed by atoms with Crippen LogP contribution in [0.2, 0.25) is 0 Å². The molecule has 2 N–H and O–H groups in total. The first kappa shape index (κ1) is 12.1. The fourth-order valence-electron chi connectivity index (χ4n) is 2.05. The highest BCUT2D eigenvalue weighted by atomic mass is 35.5. The quantitative estimate of drug-likeness (QED) is 0.644. The fourth-order valence-corrected chi connectivity index (χ4v) is 2.26. The summed E-state index contributed by atoms with van der Waals surface area (Å²) >= 11 is 6.02. The highest BCUT2D eigenvalue weighted by Gasteiger charge is 2.32. The van der Waals surface area contributed by atoms with E-state index in [1.165, 1.54) is 6.08 Å². The van der Waals surface area contributed by atoms with Crippen molar-refractivity contribution in [3.05, 3.63) is 59.1 Å². The van der Waals surface area contributed by atoms with Crippen LogP contribution in [0.1, 0.15) is 11.7 Å². The molecule has 1 unspecified atom stereocenters. The van der Waals surface area contributed by atoms with Crippen LogP contribution in [-0.2, 0) is 9.78 Å². The summed E-state index contributed by atoms with van der Waals surface area (Å²) in [6.45, 7) is 0.373. The van der Waals surface area contributed by atoms with Crippen LogP contribution in [0.5, 0.6) is 0 Å². The molecule has 1 aromatic rings. The summed E-state index contributed by atoms with van der Waals surface area (Å²) in [6.07, 6.45) is 3.02. The minimum atomic E-state index is -0.292. The molecule has 2 aliphatic rings. The third-order valence-corrected chi connectivity index (χ3v) is 3.10. The van der Waals surface area contributed by atoms with Crippen molar-refractivity contribution in [2.75, 3.05) is 6.61 Å². The van der Waals surface area contributed by atoms with Gasteiger partial charge in [-0.05, 0) is 5.56 Å². The van der Waals surface area contributed by atoms with Gasteiger partial charge < -0.3 is 10.2 Å². The first-order valence-electron chi connectivity index (χ1n) is 5.82. The molecule has 6 heteroatoms. The predicted octanol–water partition coefficient (Wildman–Crippen LogP) is 2.45. The lowest BCUT2D eigenvalue weighted by atomic mass is 10.1. The van der Waals surface area contributed by atoms with E-state index >= 15 is 0 Å². The number of halogens is 1. The second-order valence-corrected chi connectivity index (χ2v) is 4.52. The molecule has 0 amide bonds. The van der Waals surface area contributed by atoms with E-state index in [0.717, 1.165) is 5.56 Å². The molecule has 1 atom stereocenters. The maximum absolute atomic E-state index is 8.07. The average molecular weight is 278 g/mol. The van der Waals surface area contributed by atoms with Crippen molar-refractivity contribution in [2.24, 2.45) is 0 Å². The Balaban J connectivity index is 1.99. The molecule has 98 valence electrons. The van der Waals surface area contributed by atoms with E-state index in [1.54, 1.807) is 11.0 Å². The number of amidine groups is 1. The number of nitrogens with zero attached hydrogens (tertiary/aromatic N) is 1. The highest BCUT2D eigenvalue weighted by Crippen LogP contribution is 2.30. The lowest BCUT2D eigenvalue weighted by Gasteiger charge is -2.36. The van der Waals surface area contributed by atoms with Gasteiger partial charge in [-0.2, -0.15) is 4.89 Å². The summed E-state index contributed by atoms with van der Waals surface area (Å²) < 4.78 is 0. The predicted molar refractivity (Wildman–Crippen MR) is 70.9 cm³/mol. The smallest absolute Gasteiger partial charge is 0.239 e. The maximum Gasteiger partial charge on any atom is 0.239 e. The second-order valence-electron chi connectivity index (χ2n) is 4.12. The van der Waals surface area contributed by atoms with Crippen LogP contribution in [0.3, 0.4) is 0 Å². The molecule has 0 fully saturated rings. The minimum absolute atomic E-state index is 0.245. The van der Waals surface area contributed by atoms with Crippen LogP contribution in [-0.4, -0.2) is 17.3 Å². The number of rotatable bonds is 2. The molecule has 5 nitrogen and oxygen atoms in total. The van der Waals surface area contributed by atoms with E-state index < -0.39 is 0 Å². The molecular weight excluding hydrogens is 266 g/mol. The minimum Gasteiger partial charge on any atom is -0.352 e. The first-order valence-corrected chi connectivity index (χ1v) is 6.19. The zero-order valence-electron chi connectivity index (χ0n) is 9.97. The van der Waals surface area contributed by atoms with Gasteiger partial charge in [-0.3, -0.25) is 10.3 Å². The fraction of sp³-hybridized carbons (Fsp3) is 0.154. The summed E-state index contributed by atoms with van der Waals surface area (Å²) in [5, 5.41) is 11.6. The van der Waals surface area contributed by atoms with Crippen molar-refractivity contribution in [3.63, 3.8) is 0 Å². The zero-order valence-corrected chi connectivity index (χ0v) is 10.7. The van der Waals surface area contributed by atoms with Gasteiger partial charge in [0.15, 0.2) is 0 Å². The SMILES string of the molecule is N=C1C=C(Cl)NC(c2ccccc2)N1C1=CCOO1. The number of hydrogen-bond donors (Lipinski definition) is 2. The Morgan fingerprint density at radius 2 is 2.11 bits per heavy atom. The molecule has 3 rings (SSSR count). The molecule has 0 saturated carbocycles. The van der Waals surface area contributed by atoms with Gasteiger partial charge in [-0.1, -0.05) is 41.9 Å². The van der Waals surface area contributed by atoms with E-state index in [-0.39, 0.29) is 12.0 Å². The van der Waals surface area contributed by atoms with Crippen molar-refractivity contribution in [1.82, 2.24) is 10.2 Å². The maximum atomic E-state index is 8.07. The van der Waals surface area contributed by atoms with Gasteiger partial charge in [-0.15, -0.1) is 0 Å². The molecule has 1 aromatic carbocycles. The van der Waals surface area contributed by atoms with Gasteiger partial charge in [0.2, 0.25) is 5.88 Å². The molecule has 2 heterocycles. The third kappa shape index (κ3) is 2.30. The van der Waals surface area contributed by atoms with Crippen molar-refractivity contribution < 1.29 is 9.78 Å². The summed E-state index contributed by atoms with van der Waals surface area (Å²) in [6, 6.07) is 9.73. The molecule has 0 radical (unpaired) electrons. The van der Waals surface area contributed by atoms with Gasteiger partial charge in [0.25, 0.3) is 0 Å². The average Bonchev–Trinajstić information content (AvgIpc) is 2.92. The van der Waals surface area contributed by atoms with Crippen LogP contribution in [0, 0.1) is 5.41 Å². The Hall–Kier alpha value is -1.98. The van der Waals surface area contributed by atoms with Crippen LogP contribution in [0.4, 0.5) is 0 Å². The molecule has 0 aromatic heterocycles. The van der Waals surface area contributed by atoms with E-state index in [0.29, 0.717) is 17.6 Å². The van der Waals surface area contributed by atoms with Gasteiger partial charge in [-0.25, -0.2) is 0 Å². The number of benzene rings is 1. The van der Waals surface area contributed by atoms with Crippen LogP contribution >= 0.6 is 11.6 Å². The molecule has 0 aliphatic carbocycles. The zero-order chi connectivity index (χ0) is 13.2. The lowest BCUT2D eigenvalue weighted by molar-refractivity contribution is -0.247. The van der Waals surface area contributed by atoms with E-state index in [9.17, 15) is 0 Å². The van der Waals surface area contributed by atoms with Crippen LogP contribution in [0.15, 0.2) is 53.5 Å². The molecule has 19 heavy (non-hydrogen) atoms. The van der Waals surface area contributed by atoms with Crippen molar-refractivity contribution in [3.8, 4) is 0 Å². The van der Waals surface area contributed by atoms with Crippen molar-refractivity contribution in [2.45, 2.75) is 6.17 Å². The summed E-state index contributed by atoms with van der Waals surface area (Å²) in [7, 11) is 0. The molecule has 0 saturated heterocycles. The van der Waals surface area contributed by atoms with Crippen molar-refractivity contribution in [1.29, 1.82) is 5.41 Å². The second kappa shape index (κ2) is 4.95. The Morgan fingerprint density at radius 1 is 1.32 bits per heavy atom. The molecular formula is C13H12ClN3O2. The summed E-state index contributed by atoms with van der Waals surface area (Å²) in [5.41, 5.74) is 0.981. The normalized spacial score (nSPS) is 22.5.